The van der Waals surface area contributed by atoms with Crippen LogP contribution in [0.1, 0.15) is 6.92 Å². The number of carbonyl (C=O) groups is 1. The summed E-state index contributed by atoms with van der Waals surface area (Å²) in [5.74, 6) is -0.791. The van der Waals surface area contributed by atoms with Gasteiger partial charge in [0, 0.05) is 6.07 Å². The molecule has 0 aliphatic carbocycles. The van der Waals surface area contributed by atoms with Gasteiger partial charge in [0.15, 0.2) is 26.6 Å². The SMILES string of the molecule is COc1ccc(S(=O)(=O)C(C)C(=O)O)cc1OC. The molecule has 0 aliphatic rings. The highest BCUT2D eigenvalue weighted by Crippen LogP contribution is 2.30. The average Bonchev–Trinajstić information content (AvgIpc) is 2.36. The Kier molecular flexibility index (Phi) is 4.18. The molecular formula is C11H14O6S. The number of rotatable bonds is 5. The van der Waals surface area contributed by atoms with Crippen molar-refractivity contribution in [2.45, 2.75) is 17.1 Å². The highest BCUT2D eigenvalue weighted by molar-refractivity contribution is 7.92. The molecule has 0 aromatic heterocycles. The van der Waals surface area contributed by atoms with Crippen molar-refractivity contribution < 1.29 is 27.8 Å². The molecule has 18 heavy (non-hydrogen) atoms. The Morgan fingerprint density at radius 1 is 1.22 bits per heavy atom. The average molecular weight is 274 g/mol. The lowest BCUT2D eigenvalue weighted by molar-refractivity contribution is -0.136. The molecular weight excluding hydrogens is 260 g/mol. The Labute approximate surface area is 105 Å². The molecule has 6 nitrogen and oxygen atoms in total. The van der Waals surface area contributed by atoms with Crippen LogP contribution in [-0.2, 0) is 14.6 Å². The molecule has 0 saturated heterocycles. The summed E-state index contributed by atoms with van der Waals surface area (Å²) in [5, 5.41) is 7.25. The molecule has 1 aromatic carbocycles. The number of ether oxygens (including phenoxy) is 2. The van der Waals surface area contributed by atoms with Gasteiger partial charge in [0.05, 0.1) is 19.1 Å². The minimum atomic E-state index is -3.93. The van der Waals surface area contributed by atoms with Crippen molar-refractivity contribution in [3.8, 4) is 11.5 Å². The Bertz CT molecular complexity index is 549. The van der Waals surface area contributed by atoms with E-state index < -0.39 is 21.1 Å². The number of hydrogen-bond donors (Lipinski definition) is 1. The van der Waals surface area contributed by atoms with Gasteiger partial charge in [0.25, 0.3) is 0 Å². The van der Waals surface area contributed by atoms with Gasteiger partial charge in [0.1, 0.15) is 0 Å². The van der Waals surface area contributed by atoms with Crippen molar-refractivity contribution in [3.63, 3.8) is 0 Å². The first-order valence-corrected chi connectivity index (χ1v) is 6.58. The third-order valence-corrected chi connectivity index (χ3v) is 4.54. The Balaban J connectivity index is 3.30. The van der Waals surface area contributed by atoms with Gasteiger partial charge in [0.2, 0.25) is 0 Å². The first-order chi connectivity index (χ1) is 8.34. The molecule has 0 aliphatic heterocycles. The van der Waals surface area contributed by atoms with Crippen molar-refractivity contribution in [2.24, 2.45) is 0 Å². The Morgan fingerprint density at radius 3 is 2.22 bits per heavy atom. The molecule has 100 valence electrons. The number of sulfone groups is 1. The zero-order chi connectivity index (χ0) is 13.9. The topological polar surface area (TPSA) is 89.9 Å². The minimum Gasteiger partial charge on any atom is -0.493 e. The van der Waals surface area contributed by atoms with E-state index >= 15 is 0 Å². The van der Waals surface area contributed by atoms with Gasteiger partial charge >= 0.3 is 5.97 Å². The van der Waals surface area contributed by atoms with E-state index in [9.17, 15) is 13.2 Å². The van der Waals surface area contributed by atoms with E-state index in [0.717, 1.165) is 6.92 Å². The largest absolute Gasteiger partial charge is 0.493 e. The summed E-state index contributed by atoms with van der Waals surface area (Å²) >= 11 is 0. The van der Waals surface area contributed by atoms with Crippen LogP contribution in [0.25, 0.3) is 0 Å². The normalized spacial score (nSPS) is 12.8. The molecule has 7 heteroatoms. The maximum Gasteiger partial charge on any atom is 0.321 e. The zero-order valence-electron chi connectivity index (χ0n) is 10.2. The second-order valence-corrected chi connectivity index (χ2v) is 5.81. The molecule has 0 radical (unpaired) electrons. The van der Waals surface area contributed by atoms with Gasteiger partial charge in [-0.1, -0.05) is 0 Å². The predicted molar refractivity (Wildman–Crippen MR) is 63.8 cm³/mol. The second-order valence-electron chi connectivity index (χ2n) is 3.54. The molecule has 1 unspecified atom stereocenters. The maximum absolute atomic E-state index is 12.0. The molecule has 1 rings (SSSR count). The highest BCUT2D eigenvalue weighted by atomic mass is 32.2. The number of hydrogen-bond acceptors (Lipinski definition) is 5. The smallest absolute Gasteiger partial charge is 0.321 e. The summed E-state index contributed by atoms with van der Waals surface area (Å²) in [7, 11) is -1.14. The van der Waals surface area contributed by atoms with Gasteiger partial charge in [-0.15, -0.1) is 0 Å². The van der Waals surface area contributed by atoms with Crippen molar-refractivity contribution >= 4 is 15.8 Å². The van der Waals surface area contributed by atoms with E-state index in [4.69, 9.17) is 14.6 Å². The molecule has 0 fully saturated rings. The highest BCUT2D eigenvalue weighted by Gasteiger charge is 2.30. The Hall–Kier alpha value is -1.76. The summed E-state index contributed by atoms with van der Waals surface area (Å²) in [6.07, 6.45) is 0. The van der Waals surface area contributed by atoms with Crippen LogP contribution < -0.4 is 9.47 Å². The lowest BCUT2D eigenvalue weighted by Gasteiger charge is -2.12. The number of benzene rings is 1. The lowest BCUT2D eigenvalue weighted by atomic mass is 10.3. The molecule has 1 aromatic rings. The second kappa shape index (κ2) is 5.26. The molecule has 0 spiro atoms. The number of methoxy groups -OCH3 is 2. The van der Waals surface area contributed by atoms with Crippen LogP contribution in [0.4, 0.5) is 0 Å². The van der Waals surface area contributed by atoms with Gasteiger partial charge in [-0.25, -0.2) is 8.42 Å². The van der Waals surface area contributed by atoms with Crippen molar-refractivity contribution in [1.82, 2.24) is 0 Å². The fourth-order valence-corrected chi connectivity index (χ4v) is 2.53. The van der Waals surface area contributed by atoms with Gasteiger partial charge < -0.3 is 14.6 Å². The van der Waals surface area contributed by atoms with E-state index in [2.05, 4.69) is 0 Å². The van der Waals surface area contributed by atoms with Crippen LogP contribution in [0.3, 0.4) is 0 Å². The van der Waals surface area contributed by atoms with Crippen LogP contribution >= 0.6 is 0 Å². The third kappa shape index (κ3) is 2.56. The van der Waals surface area contributed by atoms with Crippen LogP contribution in [0, 0.1) is 0 Å². The lowest BCUT2D eigenvalue weighted by Crippen LogP contribution is -2.26. The maximum atomic E-state index is 12.0. The van der Waals surface area contributed by atoms with Gasteiger partial charge in [-0.3, -0.25) is 4.79 Å². The van der Waals surface area contributed by atoms with Crippen molar-refractivity contribution in [3.05, 3.63) is 18.2 Å². The van der Waals surface area contributed by atoms with E-state index in [-0.39, 0.29) is 10.6 Å². The molecule has 0 amide bonds. The zero-order valence-corrected chi connectivity index (χ0v) is 11.0. The molecule has 0 saturated carbocycles. The van der Waals surface area contributed by atoms with Crippen LogP contribution in [0.15, 0.2) is 23.1 Å². The van der Waals surface area contributed by atoms with Crippen LogP contribution in [0.5, 0.6) is 11.5 Å². The number of carboxylic acids is 1. The quantitative estimate of drug-likeness (QED) is 0.859. The van der Waals surface area contributed by atoms with E-state index in [1.165, 1.54) is 32.4 Å². The van der Waals surface area contributed by atoms with E-state index in [0.29, 0.717) is 5.75 Å². The standard InChI is InChI=1S/C11H14O6S/c1-7(11(12)13)18(14,15)8-4-5-9(16-2)10(6-8)17-3/h4-7H,1-3H3,(H,12,13). The summed E-state index contributed by atoms with van der Waals surface area (Å²) in [6.45, 7) is 1.12. The van der Waals surface area contributed by atoms with Gasteiger partial charge in [-0.2, -0.15) is 0 Å². The summed E-state index contributed by atoms with van der Waals surface area (Å²) in [5.41, 5.74) is 0. The van der Waals surface area contributed by atoms with Crippen molar-refractivity contribution in [1.29, 1.82) is 0 Å². The minimum absolute atomic E-state index is 0.116. The molecule has 1 N–H and O–H groups in total. The first-order valence-electron chi connectivity index (χ1n) is 5.03. The summed E-state index contributed by atoms with van der Waals surface area (Å²) in [6, 6.07) is 3.95. The number of carboxylic acid groups (broad SMARTS) is 1. The summed E-state index contributed by atoms with van der Waals surface area (Å²) in [4.78, 5) is 10.6. The van der Waals surface area contributed by atoms with Gasteiger partial charge in [-0.05, 0) is 19.1 Å². The fourth-order valence-electron chi connectivity index (χ4n) is 1.33. The van der Waals surface area contributed by atoms with Crippen molar-refractivity contribution in [2.75, 3.05) is 14.2 Å². The monoisotopic (exact) mass is 274 g/mol. The van der Waals surface area contributed by atoms with E-state index in [1.54, 1.807) is 0 Å². The summed E-state index contributed by atoms with van der Waals surface area (Å²) < 4.78 is 33.9. The molecule has 1 atom stereocenters. The van der Waals surface area contributed by atoms with Crippen LogP contribution in [-0.4, -0.2) is 39.0 Å². The third-order valence-electron chi connectivity index (χ3n) is 2.50. The number of aliphatic carboxylic acids is 1. The van der Waals surface area contributed by atoms with Crippen LogP contribution in [0.2, 0.25) is 0 Å². The predicted octanol–water partition coefficient (Wildman–Crippen LogP) is 0.951. The Morgan fingerprint density at radius 2 is 1.78 bits per heavy atom. The van der Waals surface area contributed by atoms with E-state index in [1.807, 2.05) is 0 Å². The molecule has 0 bridgehead atoms. The fraction of sp³-hybridized carbons (Fsp3) is 0.364. The molecule has 0 heterocycles. The first kappa shape index (κ1) is 14.3.